The van der Waals surface area contributed by atoms with Crippen LogP contribution in [0.4, 0.5) is 0 Å². The zero-order chi connectivity index (χ0) is 13.4. The second-order valence-corrected chi connectivity index (χ2v) is 5.76. The Labute approximate surface area is 124 Å². The van der Waals surface area contributed by atoms with Crippen molar-refractivity contribution in [3.8, 4) is 0 Å². The fourth-order valence-electron chi connectivity index (χ4n) is 2.78. The SMILES string of the molecule is CCC(CC)CNC(=O)CC(C)C1CCNCC1.Cl. The highest BCUT2D eigenvalue weighted by Gasteiger charge is 2.22. The van der Waals surface area contributed by atoms with E-state index in [1.807, 2.05) is 0 Å². The molecule has 3 nitrogen and oxygen atoms in total. The molecule has 0 aliphatic carbocycles. The summed E-state index contributed by atoms with van der Waals surface area (Å²) in [6, 6.07) is 0. The molecule has 1 saturated heterocycles. The number of amides is 1. The molecular weight excluding hydrogens is 260 g/mol. The molecule has 0 aromatic rings. The van der Waals surface area contributed by atoms with E-state index in [4.69, 9.17) is 0 Å². The van der Waals surface area contributed by atoms with E-state index in [-0.39, 0.29) is 18.3 Å². The van der Waals surface area contributed by atoms with Gasteiger partial charge in [0.2, 0.25) is 5.91 Å². The highest BCUT2D eigenvalue weighted by atomic mass is 35.5. The number of piperidine rings is 1. The Morgan fingerprint density at radius 3 is 2.37 bits per heavy atom. The summed E-state index contributed by atoms with van der Waals surface area (Å²) in [7, 11) is 0. The van der Waals surface area contributed by atoms with E-state index in [1.54, 1.807) is 0 Å². The number of carbonyl (C=O) groups excluding carboxylic acids is 1. The topological polar surface area (TPSA) is 41.1 Å². The summed E-state index contributed by atoms with van der Waals surface area (Å²) < 4.78 is 0. The molecule has 1 atom stereocenters. The zero-order valence-corrected chi connectivity index (χ0v) is 13.5. The third-order valence-corrected chi connectivity index (χ3v) is 4.44. The summed E-state index contributed by atoms with van der Waals surface area (Å²) in [5, 5.41) is 6.48. The van der Waals surface area contributed by atoms with Gasteiger partial charge in [-0.2, -0.15) is 0 Å². The van der Waals surface area contributed by atoms with Crippen LogP contribution < -0.4 is 10.6 Å². The molecule has 19 heavy (non-hydrogen) atoms. The number of hydrogen-bond donors (Lipinski definition) is 2. The van der Waals surface area contributed by atoms with Gasteiger partial charge in [-0.05, 0) is 43.7 Å². The lowest BCUT2D eigenvalue weighted by Gasteiger charge is -2.28. The molecule has 0 bridgehead atoms. The number of hydrogen-bond acceptors (Lipinski definition) is 2. The third-order valence-electron chi connectivity index (χ3n) is 4.44. The Balaban J connectivity index is 0.00000324. The van der Waals surface area contributed by atoms with E-state index in [0.717, 1.165) is 38.4 Å². The molecule has 2 N–H and O–H groups in total. The molecule has 0 spiro atoms. The van der Waals surface area contributed by atoms with Gasteiger partial charge in [-0.15, -0.1) is 12.4 Å². The number of carbonyl (C=O) groups is 1. The van der Waals surface area contributed by atoms with Crippen molar-refractivity contribution in [2.45, 2.75) is 52.9 Å². The van der Waals surface area contributed by atoms with E-state index < -0.39 is 0 Å². The first-order valence-corrected chi connectivity index (χ1v) is 7.64. The maximum Gasteiger partial charge on any atom is 0.220 e. The molecule has 0 aromatic carbocycles. The highest BCUT2D eigenvalue weighted by molar-refractivity contribution is 5.85. The van der Waals surface area contributed by atoms with E-state index in [9.17, 15) is 4.79 Å². The van der Waals surface area contributed by atoms with Crippen molar-refractivity contribution in [3.63, 3.8) is 0 Å². The lowest BCUT2D eigenvalue weighted by Crippen LogP contribution is -2.34. The molecule has 0 saturated carbocycles. The van der Waals surface area contributed by atoms with Crippen molar-refractivity contribution in [3.05, 3.63) is 0 Å². The first-order valence-electron chi connectivity index (χ1n) is 7.64. The Morgan fingerprint density at radius 1 is 1.26 bits per heavy atom. The molecule has 1 amide bonds. The zero-order valence-electron chi connectivity index (χ0n) is 12.7. The van der Waals surface area contributed by atoms with Gasteiger partial charge in [0.05, 0.1) is 0 Å². The minimum absolute atomic E-state index is 0. The average Bonchev–Trinajstić information content (AvgIpc) is 2.41. The minimum Gasteiger partial charge on any atom is -0.356 e. The molecule has 0 radical (unpaired) electrons. The molecule has 0 aromatic heterocycles. The molecule has 1 rings (SSSR count). The second-order valence-electron chi connectivity index (χ2n) is 5.76. The maximum atomic E-state index is 11.9. The van der Waals surface area contributed by atoms with Crippen molar-refractivity contribution in [1.82, 2.24) is 10.6 Å². The molecule has 1 aliphatic rings. The number of rotatable bonds is 7. The van der Waals surface area contributed by atoms with Crippen LogP contribution in [-0.4, -0.2) is 25.5 Å². The smallest absolute Gasteiger partial charge is 0.220 e. The Bertz CT molecular complexity index is 238. The average molecular weight is 291 g/mol. The molecule has 114 valence electrons. The fourth-order valence-corrected chi connectivity index (χ4v) is 2.78. The summed E-state index contributed by atoms with van der Waals surface area (Å²) in [4.78, 5) is 11.9. The van der Waals surface area contributed by atoms with Gasteiger partial charge in [0.25, 0.3) is 0 Å². The van der Waals surface area contributed by atoms with Crippen molar-refractivity contribution >= 4 is 18.3 Å². The van der Waals surface area contributed by atoms with Gasteiger partial charge in [-0.3, -0.25) is 4.79 Å². The van der Waals surface area contributed by atoms with E-state index in [0.29, 0.717) is 18.3 Å². The fraction of sp³-hybridized carbons (Fsp3) is 0.933. The van der Waals surface area contributed by atoms with E-state index in [1.165, 1.54) is 12.8 Å². The molecule has 1 aliphatic heterocycles. The summed E-state index contributed by atoms with van der Waals surface area (Å²) in [5.74, 6) is 2.13. The molecule has 4 heteroatoms. The molecule has 1 fully saturated rings. The van der Waals surface area contributed by atoms with Crippen molar-refractivity contribution in [1.29, 1.82) is 0 Å². The normalized spacial score (nSPS) is 17.9. The van der Waals surface area contributed by atoms with Crippen molar-refractivity contribution in [2.24, 2.45) is 17.8 Å². The van der Waals surface area contributed by atoms with Gasteiger partial charge in [0.1, 0.15) is 0 Å². The molecule has 1 heterocycles. The van der Waals surface area contributed by atoms with Crippen LogP contribution in [-0.2, 0) is 4.79 Å². The van der Waals surface area contributed by atoms with Gasteiger partial charge in [-0.25, -0.2) is 0 Å². The first kappa shape index (κ1) is 18.7. The summed E-state index contributed by atoms with van der Waals surface area (Å²) in [5.41, 5.74) is 0. The van der Waals surface area contributed by atoms with Crippen LogP contribution in [0.5, 0.6) is 0 Å². The van der Waals surface area contributed by atoms with Crippen LogP contribution in [0.15, 0.2) is 0 Å². The Kier molecular flexibility index (Phi) is 10.3. The van der Waals surface area contributed by atoms with Crippen LogP contribution in [0, 0.1) is 17.8 Å². The summed E-state index contributed by atoms with van der Waals surface area (Å²) in [6.45, 7) is 9.70. The number of halogens is 1. The minimum atomic E-state index is 0. The van der Waals surface area contributed by atoms with Crippen LogP contribution >= 0.6 is 12.4 Å². The van der Waals surface area contributed by atoms with Crippen LogP contribution in [0.2, 0.25) is 0 Å². The van der Waals surface area contributed by atoms with Gasteiger partial charge < -0.3 is 10.6 Å². The predicted octanol–water partition coefficient (Wildman–Crippen LogP) is 2.99. The van der Waals surface area contributed by atoms with Gasteiger partial charge in [0, 0.05) is 13.0 Å². The Morgan fingerprint density at radius 2 is 1.84 bits per heavy atom. The predicted molar refractivity (Wildman–Crippen MR) is 83.7 cm³/mol. The molecule has 1 unspecified atom stereocenters. The summed E-state index contributed by atoms with van der Waals surface area (Å²) in [6.07, 6.45) is 5.45. The van der Waals surface area contributed by atoms with Crippen LogP contribution in [0.3, 0.4) is 0 Å². The first-order chi connectivity index (χ1) is 8.67. The molecular formula is C15H31ClN2O. The lowest BCUT2D eigenvalue weighted by molar-refractivity contribution is -0.122. The lowest BCUT2D eigenvalue weighted by atomic mass is 9.84. The van der Waals surface area contributed by atoms with E-state index in [2.05, 4.69) is 31.4 Å². The largest absolute Gasteiger partial charge is 0.356 e. The van der Waals surface area contributed by atoms with Gasteiger partial charge in [-0.1, -0.05) is 33.6 Å². The Hall–Kier alpha value is -0.280. The second kappa shape index (κ2) is 10.5. The summed E-state index contributed by atoms with van der Waals surface area (Å²) >= 11 is 0. The van der Waals surface area contributed by atoms with Crippen molar-refractivity contribution < 1.29 is 4.79 Å². The third kappa shape index (κ3) is 7.17. The quantitative estimate of drug-likeness (QED) is 0.757. The van der Waals surface area contributed by atoms with E-state index >= 15 is 0 Å². The van der Waals surface area contributed by atoms with Crippen LogP contribution in [0.25, 0.3) is 0 Å². The van der Waals surface area contributed by atoms with Gasteiger partial charge in [0.15, 0.2) is 0 Å². The van der Waals surface area contributed by atoms with Crippen molar-refractivity contribution in [2.75, 3.05) is 19.6 Å². The number of nitrogens with one attached hydrogen (secondary N) is 2. The monoisotopic (exact) mass is 290 g/mol. The highest BCUT2D eigenvalue weighted by Crippen LogP contribution is 2.24. The van der Waals surface area contributed by atoms with Gasteiger partial charge >= 0.3 is 0 Å². The maximum absolute atomic E-state index is 11.9. The van der Waals surface area contributed by atoms with Crippen LogP contribution in [0.1, 0.15) is 52.9 Å². The standard InChI is InChI=1S/C15H30N2O.ClH/c1-4-13(5-2)11-17-15(18)10-12(3)14-6-8-16-9-7-14;/h12-14,16H,4-11H2,1-3H3,(H,17,18);1H.